The van der Waals surface area contributed by atoms with E-state index in [1.165, 1.54) is 24.2 Å². The maximum atomic E-state index is 11.9. The molecule has 6 heteroatoms. The summed E-state index contributed by atoms with van der Waals surface area (Å²) < 4.78 is 0. The molecule has 0 aliphatic carbocycles. The van der Waals surface area contributed by atoms with E-state index in [1.807, 2.05) is 12.1 Å². The third kappa shape index (κ3) is 3.39. The number of hydrogen-bond donors (Lipinski definition) is 1. The van der Waals surface area contributed by atoms with Crippen LogP contribution in [0.5, 0.6) is 0 Å². The highest BCUT2D eigenvalue weighted by molar-refractivity contribution is 6.05. The number of pyridine rings is 1. The summed E-state index contributed by atoms with van der Waals surface area (Å²) in [6, 6.07) is 3.56. The van der Waals surface area contributed by atoms with Crippen LogP contribution < -0.4 is 10.2 Å². The minimum absolute atomic E-state index is 0.222. The van der Waals surface area contributed by atoms with Crippen molar-refractivity contribution in [1.82, 2.24) is 15.2 Å². The lowest BCUT2D eigenvalue weighted by molar-refractivity contribution is -0.120. The van der Waals surface area contributed by atoms with E-state index in [9.17, 15) is 9.59 Å². The van der Waals surface area contributed by atoms with Gasteiger partial charge in [-0.1, -0.05) is 6.42 Å². The summed E-state index contributed by atoms with van der Waals surface area (Å²) in [4.78, 5) is 31.3. The quantitative estimate of drug-likeness (QED) is 0.915. The van der Waals surface area contributed by atoms with Gasteiger partial charge in [0.2, 0.25) is 5.91 Å². The summed E-state index contributed by atoms with van der Waals surface area (Å²) in [7, 11) is 0. The number of urea groups is 1. The molecule has 0 unspecified atom stereocenters. The van der Waals surface area contributed by atoms with Gasteiger partial charge >= 0.3 is 6.03 Å². The van der Waals surface area contributed by atoms with E-state index in [-0.39, 0.29) is 11.9 Å². The molecule has 1 aromatic heterocycles. The van der Waals surface area contributed by atoms with Gasteiger partial charge in [-0.25, -0.2) is 9.78 Å². The van der Waals surface area contributed by atoms with Gasteiger partial charge in [-0.05, 0) is 43.6 Å². The Morgan fingerprint density at radius 2 is 1.95 bits per heavy atom. The fourth-order valence-corrected chi connectivity index (χ4v) is 2.86. The van der Waals surface area contributed by atoms with Crippen LogP contribution in [0.3, 0.4) is 0 Å². The average molecular weight is 288 g/mol. The van der Waals surface area contributed by atoms with Gasteiger partial charge in [-0.2, -0.15) is 0 Å². The molecule has 1 N–H and O–H groups in total. The number of anilines is 1. The zero-order chi connectivity index (χ0) is 14.7. The molecule has 0 radical (unpaired) electrons. The van der Waals surface area contributed by atoms with Crippen molar-refractivity contribution in [2.45, 2.75) is 32.2 Å². The Morgan fingerprint density at radius 1 is 1.14 bits per heavy atom. The predicted octanol–water partition coefficient (Wildman–Crippen LogP) is 1.51. The second-order valence-electron chi connectivity index (χ2n) is 5.61. The lowest BCUT2D eigenvalue weighted by Gasteiger charge is -2.28. The monoisotopic (exact) mass is 288 g/mol. The molecule has 0 atom stereocenters. The Kier molecular flexibility index (Phi) is 4.15. The highest BCUT2D eigenvalue weighted by atomic mass is 16.2. The van der Waals surface area contributed by atoms with Crippen molar-refractivity contribution in [3.8, 4) is 0 Å². The lowest BCUT2D eigenvalue weighted by atomic mass is 10.1. The third-order valence-electron chi connectivity index (χ3n) is 4.00. The standard InChI is InChI=1S/C15H20N4O2/c20-14-5-9-19(15(21)17-14)13-10-12(4-6-16-13)11-18-7-2-1-3-8-18/h4,6,10H,1-3,5,7-9,11H2,(H,17,20,21). The molecule has 2 aliphatic rings. The Labute approximate surface area is 124 Å². The van der Waals surface area contributed by atoms with Crippen molar-refractivity contribution in [3.05, 3.63) is 23.9 Å². The van der Waals surface area contributed by atoms with Crippen LogP contribution in [0.15, 0.2) is 18.3 Å². The van der Waals surface area contributed by atoms with Crippen molar-refractivity contribution >= 4 is 17.8 Å². The number of amides is 3. The molecule has 1 aromatic rings. The Balaban J connectivity index is 1.70. The summed E-state index contributed by atoms with van der Waals surface area (Å²) in [5, 5.41) is 2.33. The summed E-state index contributed by atoms with van der Waals surface area (Å²) in [5.74, 6) is 0.398. The molecular formula is C15H20N4O2. The molecule has 0 spiro atoms. The van der Waals surface area contributed by atoms with Crippen molar-refractivity contribution in [1.29, 1.82) is 0 Å². The zero-order valence-electron chi connectivity index (χ0n) is 12.0. The Morgan fingerprint density at radius 3 is 2.71 bits per heavy atom. The third-order valence-corrected chi connectivity index (χ3v) is 4.00. The molecular weight excluding hydrogens is 268 g/mol. The first-order valence-electron chi connectivity index (χ1n) is 7.51. The number of imide groups is 1. The minimum atomic E-state index is -0.381. The number of nitrogens with zero attached hydrogens (tertiary/aromatic N) is 3. The van der Waals surface area contributed by atoms with Crippen LogP contribution in [0.2, 0.25) is 0 Å². The van der Waals surface area contributed by atoms with Crippen molar-refractivity contribution < 1.29 is 9.59 Å². The summed E-state index contributed by atoms with van der Waals surface area (Å²) in [5.41, 5.74) is 1.16. The number of carbonyl (C=O) groups is 2. The maximum Gasteiger partial charge on any atom is 0.329 e. The zero-order valence-corrected chi connectivity index (χ0v) is 12.0. The molecule has 3 amide bonds. The largest absolute Gasteiger partial charge is 0.329 e. The van der Waals surface area contributed by atoms with Crippen LogP contribution in [-0.2, 0) is 11.3 Å². The van der Waals surface area contributed by atoms with Gasteiger partial charge in [0.05, 0.1) is 0 Å². The van der Waals surface area contributed by atoms with Gasteiger partial charge in [-0.3, -0.25) is 19.9 Å². The van der Waals surface area contributed by atoms with E-state index in [2.05, 4.69) is 15.2 Å². The SMILES string of the molecule is O=C1CCN(c2cc(CN3CCCCC3)ccn2)C(=O)N1. The first kappa shape index (κ1) is 14.0. The van der Waals surface area contributed by atoms with Crippen LogP contribution in [0.25, 0.3) is 0 Å². The van der Waals surface area contributed by atoms with E-state index < -0.39 is 0 Å². The molecule has 112 valence electrons. The number of carbonyl (C=O) groups excluding carboxylic acids is 2. The van der Waals surface area contributed by atoms with Gasteiger partial charge < -0.3 is 0 Å². The molecule has 0 aromatic carbocycles. The fraction of sp³-hybridized carbons (Fsp3) is 0.533. The molecule has 2 fully saturated rings. The van der Waals surface area contributed by atoms with Gasteiger partial charge in [0, 0.05) is 25.7 Å². The summed E-state index contributed by atoms with van der Waals surface area (Å²) >= 11 is 0. The number of likely N-dealkylation sites (tertiary alicyclic amines) is 1. The van der Waals surface area contributed by atoms with Gasteiger partial charge in [0.25, 0.3) is 0 Å². The van der Waals surface area contributed by atoms with Crippen LogP contribution in [0, 0.1) is 0 Å². The Hall–Kier alpha value is -1.95. The van der Waals surface area contributed by atoms with Crippen LogP contribution in [0.4, 0.5) is 10.6 Å². The van der Waals surface area contributed by atoms with Crippen LogP contribution in [-0.4, -0.2) is 41.5 Å². The normalized spacial score (nSPS) is 20.5. The molecule has 6 nitrogen and oxygen atoms in total. The maximum absolute atomic E-state index is 11.9. The van der Waals surface area contributed by atoms with Crippen LogP contribution in [0.1, 0.15) is 31.2 Å². The average Bonchev–Trinajstić information content (AvgIpc) is 2.48. The predicted molar refractivity (Wildman–Crippen MR) is 78.9 cm³/mol. The first-order valence-corrected chi connectivity index (χ1v) is 7.51. The number of aromatic nitrogens is 1. The van der Waals surface area contributed by atoms with Crippen LogP contribution >= 0.6 is 0 Å². The van der Waals surface area contributed by atoms with Crippen molar-refractivity contribution in [3.63, 3.8) is 0 Å². The molecule has 2 saturated heterocycles. The fourth-order valence-electron chi connectivity index (χ4n) is 2.86. The van der Waals surface area contributed by atoms with E-state index >= 15 is 0 Å². The van der Waals surface area contributed by atoms with E-state index in [0.717, 1.165) is 25.2 Å². The molecule has 0 bridgehead atoms. The van der Waals surface area contributed by atoms with Crippen molar-refractivity contribution in [2.24, 2.45) is 0 Å². The highest BCUT2D eigenvalue weighted by Crippen LogP contribution is 2.18. The first-order chi connectivity index (χ1) is 10.2. The molecule has 0 saturated carbocycles. The molecule has 21 heavy (non-hydrogen) atoms. The summed E-state index contributed by atoms with van der Waals surface area (Å²) in [6.07, 6.45) is 5.89. The van der Waals surface area contributed by atoms with E-state index in [0.29, 0.717) is 18.8 Å². The number of hydrogen-bond acceptors (Lipinski definition) is 4. The Bertz CT molecular complexity index is 540. The van der Waals surface area contributed by atoms with Gasteiger partial charge in [0.1, 0.15) is 5.82 Å². The molecule has 3 rings (SSSR count). The number of rotatable bonds is 3. The second kappa shape index (κ2) is 6.22. The van der Waals surface area contributed by atoms with E-state index in [1.54, 1.807) is 6.20 Å². The molecule has 3 heterocycles. The topological polar surface area (TPSA) is 65.5 Å². The van der Waals surface area contributed by atoms with E-state index in [4.69, 9.17) is 0 Å². The second-order valence-corrected chi connectivity index (χ2v) is 5.61. The molecule has 2 aliphatic heterocycles. The summed E-state index contributed by atoms with van der Waals surface area (Å²) in [6.45, 7) is 3.56. The lowest BCUT2D eigenvalue weighted by Crippen LogP contribution is -2.49. The minimum Gasteiger partial charge on any atom is -0.299 e. The highest BCUT2D eigenvalue weighted by Gasteiger charge is 2.25. The number of piperidine rings is 1. The smallest absolute Gasteiger partial charge is 0.299 e. The van der Waals surface area contributed by atoms with Crippen molar-refractivity contribution in [2.75, 3.05) is 24.5 Å². The number of nitrogens with one attached hydrogen (secondary N) is 1. The van der Waals surface area contributed by atoms with Gasteiger partial charge in [0.15, 0.2) is 0 Å². The van der Waals surface area contributed by atoms with Gasteiger partial charge in [-0.15, -0.1) is 0 Å².